The molecule has 0 heterocycles. The second kappa shape index (κ2) is 28.3. The molecule has 36 heavy (non-hydrogen) atoms. The van der Waals surface area contributed by atoms with Crippen LogP contribution >= 0.6 is 11.8 Å². The minimum absolute atomic E-state index is 0.808. The molecule has 0 saturated carbocycles. The standard InChI is InChI=1S/C34H72NS/c1-6-9-12-14-16-18-19-20-21-22-23-24-26-29-32-35(4,5)34(31-28-11-8-3)36-33-30-27-25-17-15-13-10-7-2/h34H,6-33H2,1-5H3/q+1. The van der Waals surface area contributed by atoms with Gasteiger partial charge in [-0.15, -0.1) is 0 Å². The largest absolute Gasteiger partial charge is 0.318 e. The summed E-state index contributed by atoms with van der Waals surface area (Å²) >= 11 is 2.31. The fourth-order valence-corrected chi connectivity index (χ4v) is 7.00. The minimum Gasteiger partial charge on any atom is -0.318 e. The second-order valence-electron chi connectivity index (χ2n) is 12.4. The van der Waals surface area contributed by atoms with Crippen LogP contribution in [0.1, 0.15) is 188 Å². The van der Waals surface area contributed by atoms with Crippen molar-refractivity contribution < 1.29 is 4.48 Å². The lowest BCUT2D eigenvalue weighted by Gasteiger charge is -2.38. The summed E-state index contributed by atoms with van der Waals surface area (Å²) in [6.07, 6.45) is 37.5. The van der Waals surface area contributed by atoms with Gasteiger partial charge < -0.3 is 4.48 Å². The Morgan fingerprint density at radius 3 is 1.17 bits per heavy atom. The second-order valence-corrected chi connectivity index (χ2v) is 13.7. The zero-order valence-corrected chi connectivity index (χ0v) is 27.0. The molecule has 0 aliphatic rings. The third-order valence-corrected chi connectivity index (χ3v) is 9.95. The molecule has 0 spiro atoms. The van der Waals surface area contributed by atoms with Crippen LogP contribution in [0.2, 0.25) is 0 Å². The number of unbranched alkanes of at least 4 members (excludes halogenated alkanes) is 22. The minimum atomic E-state index is 0.808. The molecule has 0 amide bonds. The fraction of sp³-hybridized carbons (Fsp3) is 1.00. The summed E-state index contributed by atoms with van der Waals surface area (Å²) in [5, 5.41) is 0.808. The Morgan fingerprint density at radius 2 is 0.750 bits per heavy atom. The van der Waals surface area contributed by atoms with E-state index in [0.29, 0.717) is 0 Å². The molecule has 0 fully saturated rings. The van der Waals surface area contributed by atoms with Gasteiger partial charge in [0.2, 0.25) is 0 Å². The van der Waals surface area contributed by atoms with Crippen LogP contribution in [0.5, 0.6) is 0 Å². The zero-order chi connectivity index (χ0) is 26.6. The smallest absolute Gasteiger partial charge is 0.135 e. The Morgan fingerprint density at radius 1 is 0.417 bits per heavy atom. The maximum Gasteiger partial charge on any atom is 0.135 e. The van der Waals surface area contributed by atoms with E-state index in [1.807, 2.05) is 0 Å². The average molecular weight is 527 g/mol. The van der Waals surface area contributed by atoms with Crippen LogP contribution < -0.4 is 0 Å². The summed E-state index contributed by atoms with van der Waals surface area (Å²) in [7, 11) is 5.05. The molecular weight excluding hydrogens is 454 g/mol. The molecule has 0 aromatic carbocycles. The van der Waals surface area contributed by atoms with Crippen molar-refractivity contribution in [3.63, 3.8) is 0 Å². The molecular formula is C34H72NS+. The first-order valence-electron chi connectivity index (χ1n) is 17.0. The molecule has 1 nitrogen and oxygen atoms in total. The highest BCUT2D eigenvalue weighted by atomic mass is 32.2. The number of hydrogen-bond acceptors (Lipinski definition) is 1. The average Bonchev–Trinajstić information content (AvgIpc) is 2.86. The molecule has 0 rings (SSSR count). The molecule has 1 unspecified atom stereocenters. The summed E-state index contributed by atoms with van der Waals surface area (Å²) < 4.78 is 1.24. The van der Waals surface area contributed by atoms with E-state index in [1.165, 1.54) is 184 Å². The van der Waals surface area contributed by atoms with Crippen LogP contribution in [0.25, 0.3) is 0 Å². The van der Waals surface area contributed by atoms with E-state index in [0.717, 1.165) is 5.37 Å². The first kappa shape index (κ1) is 36.3. The number of rotatable bonds is 30. The Labute approximate surface area is 235 Å². The molecule has 0 saturated heterocycles. The third kappa shape index (κ3) is 24.6. The molecule has 0 radical (unpaired) electrons. The molecule has 0 aliphatic heterocycles. The molecule has 2 heteroatoms. The van der Waals surface area contributed by atoms with E-state index in [4.69, 9.17) is 0 Å². The normalized spacial score (nSPS) is 12.9. The van der Waals surface area contributed by atoms with Gasteiger partial charge in [-0.1, -0.05) is 167 Å². The first-order valence-corrected chi connectivity index (χ1v) is 18.1. The molecule has 0 aromatic rings. The highest BCUT2D eigenvalue weighted by molar-refractivity contribution is 7.99. The monoisotopic (exact) mass is 527 g/mol. The Balaban J connectivity index is 3.88. The van der Waals surface area contributed by atoms with E-state index in [9.17, 15) is 0 Å². The summed E-state index contributed by atoms with van der Waals surface area (Å²) in [4.78, 5) is 0. The fourth-order valence-electron chi connectivity index (χ4n) is 5.52. The predicted octanol–water partition coefficient (Wildman–Crippen LogP) is 12.3. The number of thioether (sulfide) groups is 1. The van der Waals surface area contributed by atoms with Crippen molar-refractivity contribution in [3.05, 3.63) is 0 Å². The summed E-state index contributed by atoms with van der Waals surface area (Å²) in [6, 6.07) is 0. The molecule has 0 bridgehead atoms. The van der Waals surface area contributed by atoms with Crippen LogP contribution in [-0.4, -0.2) is 36.2 Å². The van der Waals surface area contributed by atoms with E-state index in [2.05, 4.69) is 46.6 Å². The molecule has 218 valence electrons. The van der Waals surface area contributed by atoms with E-state index < -0.39 is 0 Å². The van der Waals surface area contributed by atoms with Crippen molar-refractivity contribution in [2.45, 2.75) is 193 Å². The highest BCUT2D eigenvalue weighted by Gasteiger charge is 2.27. The van der Waals surface area contributed by atoms with E-state index in [1.54, 1.807) is 0 Å². The van der Waals surface area contributed by atoms with Crippen LogP contribution in [0.4, 0.5) is 0 Å². The van der Waals surface area contributed by atoms with Crippen molar-refractivity contribution in [2.24, 2.45) is 0 Å². The van der Waals surface area contributed by atoms with Gasteiger partial charge in [-0.2, -0.15) is 0 Å². The number of nitrogens with zero attached hydrogens (tertiary/aromatic N) is 1. The van der Waals surface area contributed by atoms with Gasteiger partial charge in [0, 0.05) is 6.42 Å². The van der Waals surface area contributed by atoms with Crippen molar-refractivity contribution in [1.29, 1.82) is 0 Å². The van der Waals surface area contributed by atoms with Gasteiger partial charge in [-0.05, 0) is 31.4 Å². The van der Waals surface area contributed by atoms with Crippen LogP contribution in [0, 0.1) is 0 Å². The van der Waals surface area contributed by atoms with Crippen molar-refractivity contribution in [3.8, 4) is 0 Å². The number of quaternary nitrogens is 1. The highest BCUT2D eigenvalue weighted by Crippen LogP contribution is 2.28. The van der Waals surface area contributed by atoms with Gasteiger partial charge in [0.25, 0.3) is 0 Å². The SMILES string of the molecule is CCCCCCCCCCCCCCCC[N+](C)(C)C(CCCCC)SCCCCCCCCCC. The van der Waals surface area contributed by atoms with Crippen LogP contribution in [0.15, 0.2) is 0 Å². The molecule has 0 aliphatic carbocycles. The quantitative estimate of drug-likeness (QED) is 0.0509. The Hall–Kier alpha value is 0.310. The summed E-state index contributed by atoms with van der Waals surface area (Å²) in [5.41, 5.74) is 0. The van der Waals surface area contributed by atoms with Crippen LogP contribution in [-0.2, 0) is 0 Å². The van der Waals surface area contributed by atoms with Gasteiger partial charge >= 0.3 is 0 Å². The molecule has 0 N–H and O–H groups in total. The molecule has 1 atom stereocenters. The summed E-state index contributed by atoms with van der Waals surface area (Å²) in [6.45, 7) is 8.34. The summed E-state index contributed by atoms with van der Waals surface area (Å²) in [5.74, 6) is 1.38. The van der Waals surface area contributed by atoms with Gasteiger partial charge in [0.1, 0.15) is 5.37 Å². The van der Waals surface area contributed by atoms with Gasteiger partial charge in [-0.3, -0.25) is 0 Å². The zero-order valence-electron chi connectivity index (χ0n) is 26.2. The third-order valence-electron chi connectivity index (χ3n) is 8.23. The van der Waals surface area contributed by atoms with Crippen molar-refractivity contribution in [2.75, 3.05) is 26.4 Å². The van der Waals surface area contributed by atoms with E-state index in [-0.39, 0.29) is 0 Å². The lowest BCUT2D eigenvalue weighted by molar-refractivity contribution is -0.900. The Kier molecular flexibility index (Phi) is 28.6. The maximum atomic E-state index is 2.53. The van der Waals surface area contributed by atoms with Crippen molar-refractivity contribution in [1.82, 2.24) is 0 Å². The van der Waals surface area contributed by atoms with Gasteiger partial charge in [0.15, 0.2) is 0 Å². The predicted molar refractivity (Wildman–Crippen MR) is 170 cm³/mol. The van der Waals surface area contributed by atoms with Gasteiger partial charge in [-0.25, -0.2) is 0 Å². The molecule has 0 aromatic heterocycles. The van der Waals surface area contributed by atoms with E-state index >= 15 is 0 Å². The van der Waals surface area contributed by atoms with Gasteiger partial charge in [0.05, 0.1) is 20.6 Å². The van der Waals surface area contributed by atoms with Crippen molar-refractivity contribution >= 4 is 11.8 Å². The number of hydrogen-bond donors (Lipinski definition) is 0. The lowest BCUT2D eigenvalue weighted by Crippen LogP contribution is -2.48. The first-order chi connectivity index (χ1) is 17.6. The topological polar surface area (TPSA) is 0 Å². The maximum absolute atomic E-state index is 2.53. The lowest BCUT2D eigenvalue weighted by atomic mass is 10.0. The Bertz CT molecular complexity index is 408. The van der Waals surface area contributed by atoms with Crippen LogP contribution in [0.3, 0.4) is 0 Å².